The Balaban J connectivity index is 2.99. The lowest BCUT2D eigenvalue weighted by Crippen LogP contribution is -2.20. The van der Waals surface area contributed by atoms with Gasteiger partial charge in [-0.2, -0.15) is 4.39 Å². The van der Waals surface area contributed by atoms with E-state index < -0.39 is 6.04 Å². The van der Waals surface area contributed by atoms with Crippen molar-refractivity contribution in [3.63, 3.8) is 0 Å². The normalized spacial score (nSPS) is 12.0. The largest absolute Gasteiger partial charge is 0.340 e. The first kappa shape index (κ1) is 13.8. The molecule has 0 aliphatic carbocycles. The summed E-state index contributed by atoms with van der Waals surface area (Å²) < 4.78 is 12.2. The number of aliphatic hydroxyl groups is 2. The predicted octanol–water partition coefficient (Wildman–Crippen LogP) is 3.13. The molecule has 0 saturated heterocycles. The second kappa shape index (κ2) is 8.18. The van der Waals surface area contributed by atoms with E-state index in [0.717, 1.165) is 12.8 Å². The molecule has 0 aromatic carbocycles. The van der Waals surface area contributed by atoms with Crippen LogP contribution in [-0.4, -0.2) is 16.3 Å². The third-order valence-corrected chi connectivity index (χ3v) is 2.35. The third-order valence-electron chi connectivity index (χ3n) is 2.35. The van der Waals surface area contributed by atoms with Crippen molar-refractivity contribution >= 4 is 0 Å². The standard InChI is InChI=1S/C11H23FO2/c1-2-3-4-5-6-7-8-9-10-11(12,13)14/h13-14H,2-10H2,1H3. The molecule has 0 aromatic rings. The van der Waals surface area contributed by atoms with E-state index in [1.54, 1.807) is 0 Å². The zero-order chi connectivity index (χ0) is 10.9. The molecule has 0 spiro atoms. The Kier molecular flexibility index (Phi) is 8.09. The van der Waals surface area contributed by atoms with Gasteiger partial charge in [0.2, 0.25) is 0 Å². The Morgan fingerprint density at radius 3 is 1.71 bits per heavy atom. The van der Waals surface area contributed by atoms with Gasteiger partial charge in [-0.05, 0) is 6.42 Å². The van der Waals surface area contributed by atoms with Crippen molar-refractivity contribution in [1.82, 2.24) is 0 Å². The fraction of sp³-hybridized carbons (Fsp3) is 1.00. The maximum atomic E-state index is 12.2. The minimum atomic E-state index is -2.96. The van der Waals surface area contributed by atoms with Crippen LogP contribution in [0.4, 0.5) is 4.39 Å². The van der Waals surface area contributed by atoms with E-state index in [1.165, 1.54) is 32.1 Å². The molecule has 0 aromatic heterocycles. The van der Waals surface area contributed by atoms with Gasteiger partial charge in [0.1, 0.15) is 0 Å². The maximum absolute atomic E-state index is 12.2. The summed E-state index contributed by atoms with van der Waals surface area (Å²) in [6, 6.07) is -2.96. The number of hydrogen-bond acceptors (Lipinski definition) is 2. The summed E-state index contributed by atoms with van der Waals surface area (Å²) in [7, 11) is 0. The minimum Gasteiger partial charge on any atom is -0.340 e. The molecule has 0 rings (SSSR count). The SMILES string of the molecule is CCCCCCCCCCC(O)(O)F. The number of unbranched alkanes of at least 4 members (excludes halogenated alkanes) is 7. The van der Waals surface area contributed by atoms with Crippen LogP contribution in [0.5, 0.6) is 0 Å². The van der Waals surface area contributed by atoms with Crippen LogP contribution < -0.4 is 0 Å². The number of halogens is 1. The Labute approximate surface area is 86.1 Å². The van der Waals surface area contributed by atoms with Gasteiger partial charge >= 0.3 is 6.04 Å². The van der Waals surface area contributed by atoms with E-state index in [2.05, 4.69) is 6.92 Å². The summed E-state index contributed by atoms with van der Waals surface area (Å²) in [5.74, 6) is 0. The molecule has 0 radical (unpaired) electrons. The van der Waals surface area contributed by atoms with E-state index in [-0.39, 0.29) is 6.42 Å². The maximum Gasteiger partial charge on any atom is 0.315 e. The van der Waals surface area contributed by atoms with Crippen LogP contribution in [0.1, 0.15) is 64.7 Å². The van der Waals surface area contributed by atoms with E-state index in [4.69, 9.17) is 10.2 Å². The van der Waals surface area contributed by atoms with Gasteiger partial charge in [-0.3, -0.25) is 0 Å². The molecule has 3 heteroatoms. The van der Waals surface area contributed by atoms with Crippen molar-refractivity contribution in [1.29, 1.82) is 0 Å². The summed E-state index contributed by atoms with van der Waals surface area (Å²) >= 11 is 0. The zero-order valence-electron chi connectivity index (χ0n) is 9.14. The van der Waals surface area contributed by atoms with Gasteiger partial charge in [-0.25, -0.2) is 0 Å². The first-order chi connectivity index (χ1) is 6.56. The summed E-state index contributed by atoms with van der Waals surface area (Å²) in [4.78, 5) is 0. The van der Waals surface area contributed by atoms with Gasteiger partial charge in [-0.1, -0.05) is 51.9 Å². The number of alkyl halides is 1. The van der Waals surface area contributed by atoms with Crippen LogP contribution in [0.3, 0.4) is 0 Å². The third kappa shape index (κ3) is 11.8. The lowest BCUT2D eigenvalue weighted by atomic mass is 10.1. The van der Waals surface area contributed by atoms with Crippen molar-refractivity contribution in [2.45, 2.75) is 70.8 Å². The molecule has 0 heterocycles. The van der Waals surface area contributed by atoms with Crippen LogP contribution in [-0.2, 0) is 0 Å². The Hall–Kier alpha value is -0.150. The number of rotatable bonds is 9. The number of hydrogen-bond donors (Lipinski definition) is 2. The van der Waals surface area contributed by atoms with Crippen molar-refractivity contribution in [3.8, 4) is 0 Å². The molecule has 0 atom stereocenters. The molecule has 14 heavy (non-hydrogen) atoms. The van der Waals surface area contributed by atoms with E-state index in [0.29, 0.717) is 6.42 Å². The van der Waals surface area contributed by atoms with Crippen LogP contribution in [0.15, 0.2) is 0 Å². The van der Waals surface area contributed by atoms with Gasteiger partial charge in [0, 0.05) is 6.42 Å². The van der Waals surface area contributed by atoms with Crippen molar-refractivity contribution in [2.75, 3.05) is 0 Å². The summed E-state index contributed by atoms with van der Waals surface area (Å²) in [5.41, 5.74) is 0. The van der Waals surface area contributed by atoms with Gasteiger partial charge in [0.25, 0.3) is 0 Å². The second-order valence-electron chi connectivity index (χ2n) is 3.94. The zero-order valence-corrected chi connectivity index (χ0v) is 9.14. The highest BCUT2D eigenvalue weighted by Gasteiger charge is 2.19. The van der Waals surface area contributed by atoms with Crippen LogP contribution in [0.2, 0.25) is 0 Å². The van der Waals surface area contributed by atoms with Gasteiger partial charge in [0.05, 0.1) is 0 Å². The van der Waals surface area contributed by atoms with Gasteiger partial charge in [0.15, 0.2) is 0 Å². The topological polar surface area (TPSA) is 40.5 Å². The second-order valence-corrected chi connectivity index (χ2v) is 3.94. The molecule has 0 amide bonds. The van der Waals surface area contributed by atoms with Crippen molar-refractivity contribution < 1.29 is 14.6 Å². The van der Waals surface area contributed by atoms with Crippen LogP contribution in [0.25, 0.3) is 0 Å². The fourth-order valence-corrected chi connectivity index (χ4v) is 1.48. The smallest absolute Gasteiger partial charge is 0.315 e. The molecule has 2 N–H and O–H groups in total. The molecule has 0 fully saturated rings. The van der Waals surface area contributed by atoms with Crippen LogP contribution >= 0.6 is 0 Å². The molecule has 0 unspecified atom stereocenters. The van der Waals surface area contributed by atoms with Crippen molar-refractivity contribution in [2.24, 2.45) is 0 Å². The molecule has 86 valence electrons. The van der Waals surface area contributed by atoms with Gasteiger partial charge < -0.3 is 10.2 Å². The first-order valence-corrected chi connectivity index (χ1v) is 5.70. The first-order valence-electron chi connectivity index (χ1n) is 5.70. The Bertz CT molecular complexity index is 121. The molecule has 0 bridgehead atoms. The van der Waals surface area contributed by atoms with Crippen molar-refractivity contribution in [3.05, 3.63) is 0 Å². The highest BCUT2D eigenvalue weighted by atomic mass is 19.2. The van der Waals surface area contributed by atoms with E-state index in [9.17, 15) is 4.39 Å². The predicted molar refractivity (Wildman–Crippen MR) is 55.5 cm³/mol. The summed E-state index contributed by atoms with van der Waals surface area (Å²) in [6.07, 6.45) is 8.59. The molecule has 2 nitrogen and oxygen atoms in total. The Morgan fingerprint density at radius 1 is 0.857 bits per heavy atom. The molecule has 0 aliphatic heterocycles. The monoisotopic (exact) mass is 206 g/mol. The van der Waals surface area contributed by atoms with Crippen LogP contribution in [0, 0.1) is 0 Å². The average Bonchev–Trinajstić information content (AvgIpc) is 2.08. The molecule has 0 aliphatic rings. The van der Waals surface area contributed by atoms with Gasteiger partial charge in [-0.15, -0.1) is 0 Å². The van der Waals surface area contributed by atoms with E-state index >= 15 is 0 Å². The average molecular weight is 206 g/mol. The molecular formula is C11H23FO2. The lowest BCUT2D eigenvalue weighted by molar-refractivity contribution is -0.262. The molecule has 0 saturated carbocycles. The molecular weight excluding hydrogens is 183 g/mol. The fourth-order valence-electron chi connectivity index (χ4n) is 1.48. The minimum absolute atomic E-state index is 0.165. The summed E-state index contributed by atoms with van der Waals surface area (Å²) in [6.45, 7) is 2.18. The quantitative estimate of drug-likeness (QED) is 0.449. The lowest BCUT2D eigenvalue weighted by Gasteiger charge is -2.10. The highest BCUT2D eigenvalue weighted by Crippen LogP contribution is 2.15. The highest BCUT2D eigenvalue weighted by molar-refractivity contribution is 4.51. The summed E-state index contributed by atoms with van der Waals surface area (Å²) in [5, 5.41) is 16.8. The van der Waals surface area contributed by atoms with E-state index in [1.807, 2.05) is 0 Å². The Morgan fingerprint density at radius 2 is 1.29 bits per heavy atom.